The second kappa shape index (κ2) is 6.69. The predicted molar refractivity (Wildman–Crippen MR) is 69.4 cm³/mol. The molecule has 99 valence electrons. The van der Waals surface area contributed by atoms with Gasteiger partial charge in [0.1, 0.15) is 0 Å². The number of methoxy groups -OCH3 is 1. The topological polar surface area (TPSA) is 29.8 Å². The Morgan fingerprint density at radius 3 is 2.65 bits per heavy atom. The van der Waals surface area contributed by atoms with Gasteiger partial charge < -0.3 is 4.74 Å². The maximum absolute atomic E-state index is 5.17. The third-order valence-corrected chi connectivity index (χ3v) is 4.14. The molecule has 0 aromatic heterocycles. The molecule has 0 aromatic rings. The molecular weight excluding hydrogens is 214 g/mol. The average molecular weight is 240 g/mol. The van der Waals surface area contributed by atoms with Gasteiger partial charge in [0, 0.05) is 58.5 Å². The molecule has 2 fully saturated rings. The van der Waals surface area contributed by atoms with Crippen LogP contribution in [-0.4, -0.2) is 74.9 Å². The van der Waals surface area contributed by atoms with E-state index in [0.29, 0.717) is 6.04 Å². The fourth-order valence-corrected chi connectivity index (χ4v) is 3.00. The zero-order chi connectivity index (χ0) is 12.1. The first-order valence-electron chi connectivity index (χ1n) is 6.91. The van der Waals surface area contributed by atoms with Gasteiger partial charge in [0.2, 0.25) is 0 Å². The highest BCUT2D eigenvalue weighted by atomic mass is 16.5. The lowest BCUT2D eigenvalue weighted by Crippen LogP contribution is -2.56. The van der Waals surface area contributed by atoms with Crippen molar-refractivity contribution in [3.63, 3.8) is 0 Å². The highest BCUT2D eigenvalue weighted by molar-refractivity contribution is 4.85. The first kappa shape index (κ1) is 13.3. The molecule has 0 aliphatic carbocycles. The van der Waals surface area contributed by atoms with Crippen molar-refractivity contribution in [2.75, 3.05) is 53.0 Å². The van der Waals surface area contributed by atoms with Gasteiger partial charge in [0.05, 0.1) is 6.61 Å². The monoisotopic (exact) mass is 240 g/mol. The third-order valence-electron chi connectivity index (χ3n) is 4.14. The smallest absolute Gasteiger partial charge is 0.0589 e. The molecule has 0 N–H and O–H groups in total. The van der Waals surface area contributed by atoms with Gasteiger partial charge in [0.15, 0.2) is 0 Å². The van der Waals surface area contributed by atoms with Crippen LogP contribution in [0.3, 0.4) is 0 Å². The van der Waals surface area contributed by atoms with Crippen molar-refractivity contribution in [3.05, 3.63) is 0 Å². The van der Waals surface area contributed by atoms with E-state index in [9.17, 15) is 0 Å². The molecule has 0 amide bonds. The van der Waals surface area contributed by atoms with Gasteiger partial charge in [-0.2, -0.15) is 0 Å². The number of rotatable bonds is 4. The van der Waals surface area contributed by atoms with Crippen molar-refractivity contribution in [2.24, 2.45) is 0 Å². The third kappa shape index (κ3) is 3.65. The van der Waals surface area contributed by atoms with Crippen molar-refractivity contribution in [1.82, 2.24) is 15.1 Å². The van der Waals surface area contributed by atoms with E-state index in [0.717, 1.165) is 32.3 Å². The number of piperidine rings is 1. The van der Waals surface area contributed by atoms with Gasteiger partial charge >= 0.3 is 0 Å². The second-order valence-electron chi connectivity index (χ2n) is 5.27. The highest BCUT2D eigenvalue weighted by Gasteiger charge is 2.28. The summed E-state index contributed by atoms with van der Waals surface area (Å²) >= 11 is 0. The Labute approximate surface area is 105 Å². The normalized spacial score (nSPS) is 29.6. The van der Waals surface area contributed by atoms with Crippen molar-refractivity contribution >= 4 is 0 Å². The molecule has 1 radical (unpaired) electrons. The quantitative estimate of drug-likeness (QED) is 0.713. The molecule has 4 heteroatoms. The standard InChI is InChI=1S/C13H26N3O/c1-12-11-16(13-3-5-14-6-4-13)8-7-15(12)9-10-17-2/h12-13H,3-11H2,1-2H3. The molecule has 4 nitrogen and oxygen atoms in total. The Bertz CT molecular complexity index is 219. The maximum Gasteiger partial charge on any atom is 0.0589 e. The molecule has 0 saturated carbocycles. The first-order valence-corrected chi connectivity index (χ1v) is 6.91. The van der Waals surface area contributed by atoms with Crippen LogP contribution in [0.1, 0.15) is 19.8 Å². The number of ether oxygens (including phenoxy) is 1. The van der Waals surface area contributed by atoms with E-state index < -0.39 is 0 Å². The number of nitrogens with zero attached hydrogens (tertiary/aromatic N) is 3. The van der Waals surface area contributed by atoms with Gasteiger partial charge in [-0.25, -0.2) is 5.32 Å². The number of piperazine rings is 1. The van der Waals surface area contributed by atoms with Crippen LogP contribution < -0.4 is 5.32 Å². The Hall–Kier alpha value is -0.160. The molecule has 2 rings (SSSR count). The molecule has 0 spiro atoms. The van der Waals surface area contributed by atoms with Gasteiger partial charge in [-0.15, -0.1) is 0 Å². The van der Waals surface area contributed by atoms with Crippen LogP contribution in [-0.2, 0) is 4.74 Å². The molecule has 1 atom stereocenters. The minimum Gasteiger partial charge on any atom is -0.383 e. The first-order chi connectivity index (χ1) is 8.31. The maximum atomic E-state index is 5.17. The van der Waals surface area contributed by atoms with E-state index in [-0.39, 0.29) is 0 Å². The van der Waals surface area contributed by atoms with Gasteiger partial charge in [-0.1, -0.05) is 0 Å². The van der Waals surface area contributed by atoms with E-state index in [1.807, 2.05) is 0 Å². The van der Waals surface area contributed by atoms with E-state index >= 15 is 0 Å². The lowest BCUT2D eigenvalue weighted by Gasteiger charge is -2.44. The van der Waals surface area contributed by atoms with Gasteiger partial charge in [-0.3, -0.25) is 9.80 Å². The average Bonchev–Trinajstić information content (AvgIpc) is 2.38. The summed E-state index contributed by atoms with van der Waals surface area (Å²) in [7, 11) is 1.78. The molecule has 0 bridgehead atoms. The fourth-order valence-electron chi connectivity index (χ4n) is 3.00. The summed E-state index contributed by atoms with van der Waals surface area (Å²) in [5.74, 6) is 0. The van der Waals surface area contributed by atoms with Crippen molar-refractivity contribution < 1.29 is 4.74 Å². The second-order valence-corrected chi connectivity index (χ2v) is 5.27. The summed E-state index contributed by atoms with van der Waals surface area (Å²) in [5, 5.41) is 4.44. The van der Waals surface area contributed by atoms with E-state index in [1.165, 1.54) is 32.5 Å². The van der Waals surface area contributed by atoms with Crippen LogP contribution in [0.25, 0.3) is 0 Å². The SMILES string of the molecule is COCCN1CCN(C2CC[N]CC2)CC1C. The molecule has 2 aliphatic rings. The summed E-state index contributed by atoms with van der Waals surface area (Å²) in [4.78, 5) is 5.23. The van der Waals surface area contributed by atoms with Gasteiger partial charge in [0.25, 0.3) is 0 Å². The van der Waals surface area contributed by atoms with Crippen molar-refractivity contribution in [2.45, 2.75) is 31.8 Å². The summed E-state index contributed by atoms with van der Waals surface area (Å²) in [5.41, 5.74) is 0. The fraction of sp³-hybridized carbons (Fsp3) is 1.00. The Kier molecular flexibility index (Phi) is 5.22. The van der Waals surface area contributed by atoms with Gasteiger partial charge in [-0.05, 0) is 19.8 Å². The molecule has 2 aliphatic heterocycles. The summed E-state index contributed by atoms with van der Waals surface area (Å²) in [6, 6.07) is 1.46. The van der Waals surface area contributed by atoms with Crippen LogP contribution in [0.4, 0.5) is 0 Å². The minimum atomic E-state index is 0.665. The zero-order valence-corrected chi connectivity index (χ0v) is 11.3. The van der Waals surface area contributed by atoms with E-state index in [1.54, 1.807) is 7.11 Å². The number of hydrogen-bond donors (Lipinski definition) is 0. The van der Waals surface area contributed by atoms with E-state index in [4.69, 9.17) is 4.74 Å². The van der Waals surface area contributed by atoms with E-state index in [2.05, 4.69) is 22.0 Å². The summed E-state index contributed by atoms with van der Waals surface area (Å²) in [6.45, 7) is 10.0. The lowest BCUT2D eigenvalue weighted by atomic mass is 10.0. The highest BCUT2D eigenvalue weighted by Crippen LogP contribution is 2.17. The Morgan fingerprint density at radius 1 is 1.24 bits per heavy atom. The molecule has 2 heterocycles. The molecule has 0 aromatic carbocycles. The Balaban J connectivity index is 1.77. The predicted octanol–water partition coefficient (Wildman–Crippen LogP) is 0.406. The van der Waals surface area contributed by atoms with Crippen LogP contribution in [0.2, 0.25) is 0 Å². The largest absolute Gasteiger partial charge is 0.383 e. The lowest BCUT2D eigenvalue weighted by molar-refractivity contribution is 0.0311. The van der Waals surface area contributed by atoms with Crippen LogP contribution >= 0.6 is 0 Å². The summed E-state index contributed by atoms with van der Waals surface area (Å²) in [6.07, 6.45) is 2.54. The minimum absolute atomic E-state index is 0.665. The van der Waals surface area contributed by atoms with Crippen molar-refractivity contribution in [3.8, 4) is 0 Å². The Morgan fingerprint density at radius 2 is 2.00 bits per heavy atom. The molecule has 2 saturated heterocycles. The molecule has 1 unspecified atom stereocenters. The van der Waals surface area contributed by atoms with Crippen molar-refractivity contribution in [1.29, 1.82) is 0 Å². The van der Waals surface area contributed by atoms with Crippen LogP contribution in [0, 0.1) is 0 Å². The zero-order valence-electron chi connectivity index (χ0n) is 11.3. The van der Waals surface area contributed by atoms with Crippen LogP contribution in [0.15, 0.2) is 0 Å². The molecular formula is C13H26N3O. The number of hydrogen-bond acceptors (Lipinski definition) is 3. The van der Waals surface area contributed by atoms with Crippen LogP contribution in [0.5, 0.6) is 0 Å². The molecule has 17 heavy (non-hydrogen) atoms. The summed E-state index contributed by atoms with van der Waals surface area (Å²) < 4.78 is 5.17.